The van der Waals surface area contributed by atoms with Gasteiger partial charge >= 0.3 is 0 Å². The summed E-state index contributed by atoms with van der Waals surface area (Å²) in [6.45, 7) is 2.70. The Balaban J connectivity index is 1.82. The summed E-state index contributed by atoms with van der Waals surface area (Å²) < 4.78 is 6.78. The number of ether oxygens (including phenoxy) is 1. The summed E-state index contributed by atoms with van der Waals surface area (Å²) in [6.07, 6.45) is 4.05. The minimum Gasteiger partial charge on any atom is -0.494 e. The van der Waals surface area contributed by atoms with Gasteiger partial charge in [-0.15, -0.1) is 11.6 Å². The highest BCUT2D eigenvalue weighted by molar-refractivity contribution is 9.10. The van der Waals surface area contributed by atoms with Crippen LogP contribution in [0, 0.1) is 17.8 Å². The van der Waals surface area contributed by atoms with Gasteiger partial charge in [0, 0.05) is 10.0 Å². The molecule has 0 bridgehead atoms. The molecule has 18 heavy (non-hydrogen) atoms. The van der Waals surface area contributed by atoms with Crippen molar-refractivity contribution in [2.24, 2.45) is 17.8 Å². The van der Waals surface area contributed by atoms with Crippen LogP contribution >= 0.6 is 27.5 Å². The third kappa shape index (κ3) is 2.42. The van der Waals surface area contributed by atoms with Crippen molar-refractivity contribution >= 4 is 27.5 Å². The summed E-state index contributed by atoms with van der Waals surface area (Å²) in [7, 11) is 0. The maximum atomic E-state index is 6.71. The molecule has 3 atom stereocenters. The van der Waals surface area contributed by atoms with Gasteiger partial charge in [-0.3, -0.25) is 0 Å². The summed E-state index contributed by atoms with van der Waals surface area (Å²) in [4.78, 5) is 0. The number of benzene rings is 1. The van der Waals surface area contributed by atoms with Crippen LogP contribution in [0.5, 0.6) is 5.75 Å². The molecule has 1 aromatic rings. The van der Waals surface area contributed by atoms with Crippen molar-refractivity contribution in [1.29, 1.82) is 0 Å². The molecule has 2 fully saturated rings. The first-order valence-electron chi connectivity index (χ1n) is 6.75. The van der Waals surface area contributed by atoms with E-state index in [1.807, 2.05) is 19.1 Å². The highest BCUT2D eigenvalue weighted by Gasteiger charge is 2.48. The lowest BCUT2D eigenvalue weighted by Gasteiger charge is -2.21. The van der Waals surface area contributed by atoms with Gasteiger partial charge in [0.2, 0.25) is 0 Å². The van der Waals surface area contributed by atoms with E-state index >= 15 is 0 Å². The number of fused-ring (bicyclic) bond motifs is 1. The van der Waals surface area contributed by atoms with Gasteiger partial charge in [0.25, 0.3) is 0 Å². The average Bonchev–Trinajstić information content (AvgIpc) is 2.98. The Bertz CT molecular complexity index is 438. The van der Waals surface area contributed by atoms with Crippen molar-refractivity contribution < 1.29 is 4.74 Å². The first-order valence-corrected chi connectivity index (χ1v) is 7.98. The Kier molecular flexibility index (Phi) is 3.59. The first kappa shape index (κ1) is 12.8. The molecule has 2 aliphatic carbocycles. The molecule has 1 nitrogen and oxygen atoms in total. The molecular weight excluding hydrogens is 312 g/mol. The van der Waals surface area contributed by atoms with E-state index in [0.717, 1.165) is 27.6 Å². The Labute approximate surface area is 122 Å². The van der Waals surface area contributed by atoms with E-state index in [-0.39, 0.29) is 5.38 Å². The topological polar surface area (TPSA) is 9.23 Å². The lowest BCUT2D eigenvalue weighted by atomic mass is 9.93. The van der Waals surface area contributed by atoms with Gasteiger partial charge in [-0.05, 0) is 62.1 Å². The largest absolute Gasteiger partial charge is 0.494 e. The van der Waals surface area contributed by atoms with Crippen molar-refractivity contribution in [3.63, 3.8) is 0 Å². The van der Waals surface area contributed by atoms with E-state index in [1.54, 1.807) is 0 Å². The van der Waals surface area contributed by atoms with E-state index in [0.29, 0.717) is 12.5 Å². The van der Waals surface area contributed by atoms with E-state index in [4.69, 9.17) is 16.3 Å². The summed E-state index contributed by atoms with van der Waals surface area (Å²) in [5, 5.41) is 0.0943. The molecule has 0 spiro atoms. The van der Waals surface area contributed by atoms with Crippen molar-refractivity contribution in [2.75, 3.05) is 6.61 Å². The lowest BCUT2D eigenvalue weighted by Crippen LogP contribution is -2.08. The molecule has 0 aliphatic heterocycles. The van der Waals surface area contributed by atoms with Gasteiger partial charge in [-0.1, -0.05) is 15.9 Å². The molecule has 0 radical (unpaired) electrons. The van der Waals surface area contributed by atoms with Crippen LogP contribution in [0.3, 0.4) is 0 Å². The van der Waals surface area contributed by atoms with Crippen LogP contribution in [-0.2, 0) is 0 Å². The van der Waals surface area contributed by atoms with E-state index in [1.165, 1.54) is 19.3 Å². The zero-order valence-electron chi connectivity index (χ0n) is 10.5. The van der Waals surface area contributed by atoms with Crippen LogP contribution in [-0.4, -0.2) is 6.61 Å². The van der Waals surface area contributed by atoms with E-state index in [2.05, 4.69) is 22.0 Å². The third-order valence-corrected chi connectivity index (χ3v) is 5.35. The number of hydrogen-bond acceptors (Lipinski definition) is 1. The maximum absolute atomic E-state index is 6.71. The Hall–Kier alpha value is -0.210. The molecule has 98 valence electrons. The van der Waals surface area contributed by atoms with Gasteiger partial charge in [-0.25, -0.2) is 0 Å². The third-order valence-electron chi connectivity index (χ3n) is 4.26. The SMILES string of the molecule is CCOc1ccc(Br)cc1C(Cl)C1CC2CC2C1. The molecule has 2 aliphatic rings. The summed E-state index contributed by atoms with van der Waals surface area (Å²) >= 11 is 10.2. The molecular formula is C15H18BrClO. The second-order valence-corrected chi connectivity index (χ2v) is 6.89. The molecule has 0 aromatic heterocycles. The smallest absolute Gasteiger partial charge is 0.124 e. The minimum atomic E-state index is 0.0943. The van der Waals surface area contributed by atoms with E-state index < -0.39 is 0 Å². The average molecular weight is 330 g/mol. The summed E-state index contributed by atoms with van der Waals surface area (Å²) in [5.41, 5.74) is 1.15. The number of rotatable bonds is 4. The fraction of sp³-hybridized carbons (Fsp3) is 0.600. The molecule has 0 N–H and O–H groups in total. The van der Waals surface area contributed by atoms with Crippen molar-refractivity contribution in [1.82, 2.24) is 0 Å². The van der Waals surface area contributed by atoms with Crippen LogP contribution in [0.1, 0.15) is 37.1 Å². The van der Waals surface area contributed by atoms with Gasteiger partial charge in [-0.2, -0.15) is 0 Å². The van der Waals surface area contributed by atoms with Crippen LogP contribution < -0.4 is 4.74 Å². The second kappa shape index (κ2) is 5.05. The van der Waals surface area contributed by atoms with E-state index in [9.17, 15) is 0 Å². The minimum absolute atomic E-state index is 0.0943. The summed E-state index contributed by atoms with van der Waals surface area (Å²) in [6, 6.07) is 6.16. The molecule has 3 heteroatoms. The maximum Gasteiger partial charge on any atom is 0.124 e. The fourth-order valence-electron chi connectivity index (χ4n) is 3.28. The van der Waals surface area contributed by atoms with Gasteiger partial charge < -0.3 is 4.74 Å². The molecule has 0 saturated heterocycles. The molecule has 2 saturated carbocycles. The predicted molar refractivity (Wildman–Crippen MR) is 78.2 cm³/mol. The second-order valence-electron chi connectivity index (χ2n) is 5.50. The number of halogens is 2. The predicted octanol–water partition coefficient (Wildman–Crippen LogP) is 5.17. The van der Waals surface area contributed by atoms with Gasteiger partial charge in [0.05, 0.1) is 12.0 Å². The number of alkyl halides is 1. The molecule has 1 aromatic carbocycles. The van der Waals surface area contributed by atoms with Gasteiger partial charge in [0.1, 0.15) is 5.75 Å². The van der Waals surface area contributed by atoms with Crippen LogP contribution in [0.15, 0.2) is 22.7 Å². The Morgan fingerprint density at radius 3 is 2.72 bits per heavy atom. The van der Waals surface area contributed by atoms with Crippen LogP contribution in [0.25, 0.3) is 0 Å². The highest BCUT2D eigenvalue weighted by Crippen LogP contribution is 2.58. The zero-order valence-corrected chi connectivity index (χ0v) is 12.9. The van der Waals surface area contributed by atoms with Crippen molar-refractivity contribution in [3.8, 4) is 5.75 Å². The standard InChI is InChI=1S/C15H18BrClO/c1-2-18-14-4-3-12(16)8-13(14)15(17)11-6-9-5-10(9)7-11/h3-4,8-11,15H,2,5-7H2,1H3. The number of hydrogen-bond donors (Lipinski definition) is 0. The van der Waals surface area contributed by atoms with Crippen LogP contribution in [0.4, 0.5) is 0 Å². The highest BCUT2D eigenvalue weighted by atomic mass is 79.9. The zero-order chi connectivity index (χ0) is 12.7. The fourth-order valence-corrected chi connectivity index (χ4v) is 4.03. The normalized spacial score (nSPS) is 30.9. The quantitative estimate of drug-likeness (QED) is 0.692. The van der Waals surface area contributed by atoms with Crippen molar-refractivity contribution in [2.45, 2.75) is 31.6 Å². The molecule has 3 unspecified atom stereocenters. The monoisotopic (exact) mass is 328 g/mol. The first-order chi connectivity index (χ1) is 8.69. The molecule has 0 amide bonds. The summed E-state index contributed by atoms with van der Waals surface area (Å²) in [5.74, 6) is 3.52. The molecule has 3 rings (SSSR count). The Morgan fingerprint density at radius 2 is 2.06 bits per heavy atom. The van der Waals surface area contributed by atoms with Crippen LogP contribution in [0.2, 0.25) is 0 Å². The van der Waals surface area contributed by atoms with Gasteiger partial charge in [0.15, 0.2) is 0 Å². The Morgan fingerprint density at radius 1 is 1.33 bits per heavy atom. The molecule has 0 heterocycles. The van der Waals surface area contributed by atoms with Crippen molar-refractivity contribution in [3.05, 3.63) is 28.2 Å². The lowest BCUT2D eigenvalue weighted by molar-refractivity contribution is 0.332.